The van der Waals surface area contributed by atoms with Gasteiger partial charge in [-0.1, -0.05) is 28.1 Å². The Morgan fingerprint density at radius 3 is 2.88 bits per heavy atom. The molecular weight excluding hydrogens is 282 g/mol. The highest BCUT2D eigenvalue weighted by Gasteiger charge is 2.42. The summed E-state index contributed by atoms with van der Waals surface area (Å²) in [6.07, 6.45) is 2.55. The summed E-state index contributed by atoms with van der Waals surface area (Å²) in [6, 6.07) is 7.62. The van der Waals surface area contributed by atoms with Crippen LogP contribution in [0.3, 0.4) is 0 Å². The lowest BCUT2D eigenvalue weighted by molar-refractivity contribution is -0.121. The fraction of sp³-hybridized carbons (Fsp3) is 0.462. The van der Waals surface area contributed by atoms with Crippen LogP contribution in [0.4, 0.5) is 0 Å². The highest BCUT2D eigenvalue weighted by Crippen LogP contribution is 2.36. The van der Waals surface area contributed by atoms with Crippen LogP contribution in [-0.4, -0.2) is 23.9 Å². The molecule has 0 heterocycles. The Bertz CT molecular complexity index is 416. The third kappa shape index (κ3) is 3.22. The van der Waals surface area contributed by atoms with Gasteiger partial charge in [-0.2, -0.15) is 0 Å². The Kier molecular flexibility index (Phi) is 3.72. The van der Waals surface area contributed by atoms with Crippen molar-refractivity contribution in [2.45, 2.75) is 24.8 Å². The van der Waals surface area contributed by atoms with E-state index in [0.29, 0.717) is 6.42 Å². The van der Waals surface area contributed by atoms with Gasteiger partial charge in [0.25, 0.3) is 0 Å². The average molecular weight is 298 g/mol. The Hall–Kier alpha value is -1.03. The van der Waals surface area contributed by atoms with Crippen LogP contribution in [0, 0.1) is 0 Å². The number of rotatable bonds is 5. The van der Waals surface area contributed by atoms with Crippen LogP contribution in [0.1, 0.15) is 18.4 Å². The van der Waals surface area contributed by atoms with Gasteiger partial charge in [-0.3, -0.25) is 4.79 Å². The van der Waals surface area contributed by atoms with Crippen LogP contribution in [0.2, 0.25) is 0 Å². The standard InChI is InChI=1S/C13H16BrNO2/c1-17-11-4-2-3-10(7-11)8-12(16)15-13(9-14)5-6-13/h2-4,7H,5-6,8-9H2,1H3,(H,15,16). The molecule has 0 spiro atoms. The molecule has 1 N–H and O–H groups in total. The van der Waals surface area contributed by atoms with Crippen LogP contribution in [0.15, 0.2) is 24.3 Å². The van der Waals surface area contributed by atoms with Gasteiger partial charge in [-0.25, -0.2) is 0 Å². The molecule has 0 bridgehead atoms. The molecule has 0 saturated heterocycles. The highest BCUT2D eigenvalue weighted by atomic mass is 79.9. The number of halogens is 1. The molecule has 2 rings (SSSR count). The van der Waals surface area contributed by atoms with Crippen molar-refractivity contribution in [2.75, 3.05) is 12.4 Å². The minimum atomic E-state index is 0.0238. The number of nitrogens with one attached hydrogen (secondary N) is 1. The zero-order chi connectivity index (χ0) is 12.3. The molecule has 1 aromatic carbocycles. The quantitative estimate of drug-likeness (QED) is 0.847. The van der Waals surface area contributed by atoms with E-state index in [-0.39, 0.29) is 11.4 Å². The zero-order valence-electron chi connectivity index (χ0n) is 9.83. The maximum absolute atomic E-state index is 11.9. The first-order valence-corrected chi connectivity index (χ1v) is 6.79. The predicted octanol–water partition coefficient (Wildman–Crippen LogP) is 2.28. The Morgan fingerprint density at radius 2 is 2.29 bits per heavy atom. The van der Waals surface area contributed by atoms with Gasteiger partial charge in [0, 0.05) is 10.9 Å². The number of benzene rings is 1. The van der Waals surface area contributed by atoms with Crippen molar-refractivity contribution >= 4 is 21.8 Å². The van der Waals surface area contributed by atoms with Crippen LogP contribution in [0.25, 0.3) is 0 Å². The lowest BCUT2D eigenvalue weighted by atomic mass is 10.1. The van der Waals surface area contributed by atoms with Crippen LogP contribution in [-0.2, 0) is 11.2 Å². The number of carbonyl (C=O) groups is 1. The van der Waals surface area contributed by atoms with Gasteiger partial charge in [0.15, 0.2) is 0 Å². The average Bonchev–Trinajstić information content (AvgIpc) is 3.09. The number of methoxy groups -OCH3 is 1. The van der Waals surface area contributed by atoms with Gasteiger partial charge >= 0.3 is 0 Å². The Labute approximate surface area is 110 Å². The molecule has 0 aliphatic heterocycles. The minimum absolute atomic E-state index is 0.0238. The van der Waals surface area contributed by atoms with E-state index in [9.17, 15) is 4.79 Å². The molecule has 17 heavy (non-hydrogen) atoms. The summed E-state index contributed by atoms with van der Waals surface area (Å²) in [7, 11) is 1.63. The van der Waals surface area contributed by atoms with E-state index in [1.807, 2.05) is 24.3 Å². The number of alkyl halides is 1. The fourth-order valence-electron chi connectivity index (χ4n) is 1.75. The second kappa shape index (κ2) is 5.08. The first-order chi connectivity index (χ1) is 8.17. The van der Waals surface area contributed by atoms with Crippen LogP contribution in [0.5, 0.6) is 5.75 Å². The molecule has 1 saturated carbocycles. The molecule has 0 atom stereocenters. The molecule has 0 aromatic heterocycles. The van der Waals surface area contributed by atoms with E-state index in [2.05, 4.69) is 21.2 Å². The number of amides is 1. The van der Waals surface area contributed by atoms with Gasteiger partial charge in [0.05, 0.1) is 13.5 Å². The van der Waals surface area contributed by atoms with Gasteiger partial charge in [-0.15, -0.1) is 0 Å². The smallest absolute Gasteiger partial charge is 0.224 e. The van der Waals surface area contributed by atoms with E-state index in [0.717, 1.165) is 29.5 Å². The summed E-state index contributed by atoms with van der Waals surface area (Å²) in [6.45, 7) is 0. The summed E-state index contributed by atoms with van der Waals surface area (Å²) >= 11 is 3.44. The Morgan fingerprint density at radius 1 is 1.53 bits per heavy atom. The maximum Gasteiger partial charge on any atom is 0.224 e. The molecule has 3 nitrogen and oxygen atoms in total. The largest absolute Gasteiger partial charge is 0.497 e. The fourth-order valence-corrected chi connectivity index (χ4v) is 2.45. The first-order valence-electron chi connectivity index (χ1n) is 5.67. The maximum atomic E-state index is 11.9. The molecule has 1 aromatic rings. The highest BCUT2D eigenvalue weighted by molar-refractivity contribution is 9.09. The van der Waals surface area contributed by atoms with Gasteiger partial charge < -0.3 is 10.1 Å². The van der Waals surface area contributed by atoms with Crippen molar-refractivity contribution < 1.29 is 9.53 Å². The normalized spacial score (nSPS) is 16.4. The summed E-state index contributed by atoms with van der Waals surface area (Å²) in [5, 5.41) is 3.91. The monoisotopic (exact) mass is 297 g/mol. The summed E-state index contributed by atoms with van der Waals surface area (Å²) < 4.78 is 5.13. The molecule has 0 unspecified atom stereocenters. The van der Waals surface area contributed by atoms with E-state index in [1.54, 1.807) is 7.11 Å². The van der Waals surface area contributed by atoms with Crippen LogP contribution < -0.4 is 10.1 Å². The molecule has 1 fully saturated rings. The lowest BCUT2D eigenvalue weighted by Crippen LogP contribution is -2.38. The first kappa shape index (κ1) is 12.4. The van der Waals surface area contributed by atoms with Gasteiger partial charge in [0.2, 0.25) is 5.91 Å². The molecule has 92 valence electrons. The van der Waals surface area contributed by atoms with E-state index < -0.39 is 0 Å². The SMILES string of the molecule is COc1cccc(CC(=O)NC2(CBr)CC2)c1. The summed E-state index contributed by atoms with van der Waals surface area (Å²) in [5.74, 6) is 0.868. The third-order valence-electron chi connectivity index (χ3n) is 3.01. The molecule has 0 radical (unpaired) electrons. The second-order valence-corrected chi connectivity index (χ2v) is 5.05. The summed E-state index contributed by atoms with van der Waals surface area (Å²) in [4.78, 5) is 11.9. The van der Waals surface area contributed by atoms with Crippen molar-refractivity contribution in [2.24, 2.45) is 0 Å². The number of hydrogen-bond acceptors (Lipinski definition) is 2. The molecular formula is C13H16BrNO2. The van der Waals surface area contributed by atoms with Crippen molar-refractivity contribution in [1.82, 2.24) is 5.32 Å². The summed E-state index contributed by atoms with van der Waals surface area (Å²) in [5.41, 5.74) is 1.00. The van der Waals surface area contributed by atoms with E-state index in [1.165, 1.54) is 0 Å². The number of carbonyl (C=O) groups excluding carboxylic acids is 1. The minimum Gasteiger partial charge on any atom is -0.497 e. The second-order valence-electron chi connectivity index (χ2n) is 4.49. The number of hydrogen-bond donors (Lipinski definition) is 1. The van der Waals surface area contributed by atoms with E-state index >= 15 is 0 Å². The van der Waals surface area contributed by atoms with Crippen molar-refractivity contribution in [3.05, 3.63) is 29.8 Å². The third-order valence-corrected chi connectivity index (χ3v) is 4.09. The zero-order valence-corrected chi connectivity index (χ0v) is 11.4. The van der Waals surface area contributed by atoms with E-state index in [4.69, 9.17) is 4.74 Å². The van der Waals surface area contributed by atoms with Crippen molar-refractivity contribution in [1.29, 1.82) is 0 Å². The lowest BCUT2D eigenvalue weighted by Gasteiger charge is -2.14. The molecule has 4 heteroatoms. The van der Waals surface area contributed by atoms with Crippen molar-refractivity contribution in [3.8, 4) is 5.75 Å². The predicted molar refractivity (Wildman–Crippen MR) is 70.6 cm³/mol. The van der Waals surface area contributed by atoms with Crippen LogP contribution >= 0.6 is 15.9 Å². The number of ether oxygens (including phenoxy) is 1. The van der Waals surface area contributed by atoms with Gasteiger partial charge in [-0.05, 0) is 30.5 Å². The topological polar surface area (TPSA) is 38.3 Å². The molecule has 1 aliphatic rings. The molecule has 1 amide bonds. The Balaban J connectivity index is 1.93. The molecule has 1 aliphatic carbocycles. The van der Waals surface area contributed by atoms with Crippen molar-refractivity contribution in [3.63, 3.8) is 0 Å². The van der Waals surface area contributed by atoms with Gasteiger partial charge in [0.1, 0.15) is 5.75 Å².